The first-order chi connectivity index (χ1) is 9.01. The molecule has 0 radical (unpaired) electrons. The Balaban J connectivity index is 2.29. The van der Waals surface area contributed by atoms with Crippen molar-refractivity contribution in [2.24, 2.45) is 0 Å². The van der Waals surface area contributed by atoms with E-state index < -0.39 is 0 Å². The Morgan fingerprint density at radius 3 is 2.63 bits per heavy atom. The van der Waals surface area contributed by atoms with Crippen molar-refractivity contribution in [3.63, 3.8) is 0 Å². The number of aliphatic hydroxyl groups excluding tert-OH is 1. The Bertz CT molecular complexity index is 441. The molecule has 1 aromatic carbocycles. The second-order valence-electron chi connectivity index (χ2n) is 5.85. The molecule has 0 saturated heterocycles. The first-order valence-electron chi connectivity index (χ1n) is 7.11. The standard InChI is InChI=1S/C16H25NO2/c1-11(2)13-7-14-10-17(9-12(3)18)6-5-15(14)16(8-13)19-4/h7-8,11-12,18H,5-6,9-10H2,1-4H3/t12-/m0/s1. The maximum atomic E-state index is 9.53. The zero-order valence-electron chi connectivity index (χ0n) is 12.4. The number of β-amino-alcohol motifs (C(OH)–C–C–N with tert-alkyl or cyclic N) is 1. The van der Waals surface area contributed by atoms with E-state index in [0.29, 0.717) is 5.92 Å². The number of nitrogens with zero attached hydrogens (tertiary/aromatic N) is 1. The van der Waals surface area contributed by atoms with Gasteiger partial charge in [-0.2, -0.15) is 0 Å². The number of ether oxygens (including phenoxy) is 1. The van der Waals surface area contributed by atoms with E-state index in [0.717, 1.165) is 31.8 Å². The van der Waals surface area contributed by atoms with Crippen LogP contribution in [0.25, 0.3) is 0 Å². The largest absolute Gasteiger partial charge is 0.496 e. The van der Waals surface area contributed by atoms with E-state index in [1.165, 1.54) is 16.7 Å². The summed E-state index contributed by atoms with van der Waals surface area (Å²) in [6.07, 6.45) is 0.737. The third-order valence-electron chi connectivity index (χ3n) is 3.80. The monoisotopic (exact) mass is 263 g/mol. The molecule has 3 heteroatoms. The summed E-state index contributed by atoms with van der Waals surface area (Å²) in [7, 11) is 1.75. The molecule has 0 saturated carbocycles. The maximum Gasteiger partial charge on any atom is 0.122 e. The van der Waals surface area contributed by atoms with Gasteiger partial charge in [-0.25, -0.2) is 0 Å². The Hall–Kier alpha value is -1.06. The predicted molar refractivity (Wildman–Crippen MR) is 77.7 cm³/mol. The van der Waals surface area contributed by atoms with Crippen LogP contribution in [0.15, 0.2) is 12.1 Å². The number of aliphatic hydroxyl groups is 1. The van der Waals surface area contributed by atoms with Crippen LogP contribution in [0.1, 0.15) is 43.4 Å². The van der Waals surface area contributed by atoms with Crippen molar-refractivity contribution in [1.29, 1.82) is 0 Å². The van der Waals surface area contributed by atoms with Gasteiger partial charge in [-0.3, -0.25) is 4.90 Å². The average Bonchev–Trinajstić information content (AvgIpc) is 2.36. The molecule has 0 spiro atoms. The summed E-state index contributed by atoms with van der Waals surface area (Å²) < 4.78 is 5.55. The number of benzene rings is 1. The molecular formula is C16H25NO2. The normalized spacial score (nSPS) is 17.4. The van der Waals surface area contributed by atoms with Crippen LogP contribution in [-0.2, 0) is 13.0 Å². The number of hydrogen-bond acceptors (Lipinski definition) is 3. The molecule has 0 aromatic heterocycles. The lowest BCUT2D eigenvalue weighted by Crippen LogP contribution is -2.35. The summed E-state index contributed by atoms with van der Waals surface area (Å²) >= 11 is 0. The van der Waals surface area contributed by atoms with E-state index in [2.05, 4.69) is 30.9 Å². The van der Waals surface area contributed by atoms with Crippen molar-refractivity contribution in [2.45, 2.75) is 45.8 Å². The van der Waals surface area contributed by atoms with E-state index in [1.54, 1.807) is 7.11 Å². The van der Waals surface area contributed by atoms with Crippen molar-refractivity contribution in [3.8, 4) is 5.75 Å². The fourth-order valence-corrected chi connectivity index (χ4v) is 2.79. The van der Waals surface area contributed by atoms with Crippen LogP contribution in [0.3, 0.4) is 0 Å². The van der Waals surface area contributed by atoms with Crippen molar-refractivity contribution in [3.05, 3.63) is 28.8 Å². The van der Waals surface area contributed by atoms with Gasteiger partial charge in [-0.1, -0.05) is 19.9 Å². The SMILES string of the molecule is COc1cc(C(C)C)cc2c1CCN(C[C@H](C)O)C2. The molecule has 1 N–H and O–H groups in total. The van der Waals surface area contributed by atoms with Gasteiger partial charge in [0.15, 0.2) is 0 Å². The van der Waals surface area contributed by atoms with Crippen LogP contribution in [0.5, 0.6) is 5.75 Å². The number of hydrogen-bond donors (Lipinski definition) is 1. The lowest BCUT2D eigenvalue weighted by Gasteiger charge is -2.31. The number of fused-ring (bicyclic) bond motifs is 1. The van der Waals surface area contributed by atoms with Crippen molar-refractivity contribution >= 4 is 0 Å². The maximum absolute atomic E-state index is 9.53. The topological polar surface area (TPSA) is 32.7 Å². The Morgan fingerprint density at radius 2 is 2.05 bits per heavy atom. The average molecular weight is 263 g/mol. The third kappa shape index (κ3) is 3.28. The van der Waals surface area contributed by atoms with E-state index in [4.69, 9.17) is 4.74 Å². The van der Waals surface area contributed by atoms with Gasteiger partial charge >= 0.3 is 0 Å². The molecule has 1 aliphatic heterocycles. The first-order valence-corrected chi connectivity index (χ1v) is 7.11. The van der Waals surface area contributed by atoms with Crippen molar-refractivity contribution < 1.29 is 9.84 Å². The second kappa shape index (κ2) is 5.93. The minimum atomic E-state index is -0.267. The third-order valence-corrected chi connectivity index (χ3v) is 3.80. The van der Waals surface area contributed by atoms with E-state index in [-0.39, 0.29) is 6.10 Å². The molecular weight excluding hydrogens is 238 g/mol. The van der Waals surface area contributed by atoms with E-state index in [9.17, 15) is 5.11 Å². The smallest absolute Gasteiger partial charge is 0.122 e. The molecule has 1 atom stereocenters. The highest BCUT2D eigenvalue weighted by atomic mass is 16.5. The molecule has 0 amide bonds. The van der Waals surface area contributed by atoms with Crippen LogP contribution in [0, 0.1) is 0 Å². The molecule has 0 unspecified atom stereocenters. The van der Waals surface area contributed by atoms with Gasteiger partial charge in [0.2, 0.25) is 0 Å². The molecule has 2 rings (SSSR count). The summed E-state index contributed by atoms with van der Waals surface area (Å²) in [4.78, 5) is 2.32. The summed E-state index contributed by atoms with van der Waals surface area (Å²) in [5, 5.41) is 9.53. The quantitative estimate of drug-likeness (QED) is 0.906. The lowest BCUT2D eigenvalue weighted by atomic mass is 9.92. The number of rotatable bonds is 4. The molecule has 3 nitrogen and oxygen atoms in total. The van der Waals surface area contributed by atoms with Crippen LogP contribution in [0.4, 0.5) is 0 Å². The van der Waals surface area contributed by atoms with Gasteiger partial charge in [0, 0.05) is 19.6 Å². The lowest BCUT2D eigenvalue weighted by molar-refractivity contribution is 0.118. The molecule has 1 aliphatic rings. The molecule has 19 heavy (non-hydrogen) atoms. The minimum absolute atomic E-state index is 0.267. The predicted octanol–water partition coefficient (Wildman–Crippen LogP) is 2.56. The van der Waals surface area contributed by atoms with Gasteiger partial charge in [0.1, 0.15) is 5.75 Å². The summed E-state index contributed by atoms with van der Waals surface area (Å²) in [5.74, 6) is 1.53. The van der Waals surface area contributed by atoms with Gasteiger partial charge < -0.3 is 9.84 Å². The summed E-state index contributed by atoms with van der Waals surface area (Å²) in [6, 6.07) is 4.48. The van der Waals surface area contributed by atoms with Crippen LogP contribution in [0.2, 0.25) is 0 Å². The molecule has 106 valence electrons. The molecule has 1 heterocycles. The van der Waals surface area contributed by atoms with Crippen LogP contribution in [-0.4, -0.2) is 36.3 Å². The van der Waals surface area contributed by atoms with Crippen molar-refractivity contribution in [2.75, 3.05) is 20.2 Å². The first kappa shape index (κ1) is 14.4. The van der Waals surface area contributed by atoms with Gasteiger partial charge in [0.25, 0.3) is 0 Å². The summed E-state index contributed by atoms with van der Waals surface area (Å²) in [6.45, 7) is 8.91. The zero-order valence-corrected chi connectivity index (χ0v) is 12.4. The Kier molecular flexibility index (Phi) is 4.48. The van der Waals surface area contributed by atoms with Gasteiger partial charge in [-0.15, -0.1) is 0 Å². The van der Waals surface area contributed by atoms with E-state index in [1.807, 2.05) is 6.92 Å². The zero-order chi connectivity index (χ0) is 14.0. The highest BCUT2D eigenvalue weighted by Crippen LogP contribution is 2.32. The van der Waals surface area contributed by atoms with Gasteiger partial charge in [-0.05, 0) is 42.0 Å². The molecule has 0 fully saturated rings. The molecule has 0 aliphatic carbocycles. The van der Waals surface area contributed by atoms with Gasteiger partial charge in [0.05, 0.1) is 13.2 Å². The highest BCUT2D eigenvalue weighted by molar-refractivity contribution is 5.46. The van der Waals surface area contributed by atoms with Crippen LogP contribution < -0.4 is 4.74 Å². The fourth-order valence-electron chi connectivity index (χ4n) is 2.79. The Labute approximate surface area is 116 Å². The Morgan fingerprint density at radius 1 is 1.32 bits per heavy atom. The summed E-state index contributed by atoms with van der Waals surface area (Å²) in [5.41, 5.74) is 4.03. The molecule has 1 aromatic rings. The fraction of sp³-hybridized carbons (Fsp3) is 0.625. The minimum Gasteiger partial charge on any atom is -0.496 e. The van der Waals surface area contributed by atoms with Crippen molar-refractivity contribution in [1.82, 2.24) is 4.90 Å². The number of methoxy groups -OCH3 is 1. The second-order valence-corrected chi connectivity index (χ2v) is 5.85. The van der Waals surface area contributed by atoms with E-state index >= 15 is 0 Å². The molecule has 0 bridgehead atoms. The highest BCUT2D eigenvalue weighted by Gasteiger charge is 2.21. The van der Waals surface area contributed by atoms with Crippen LogP contribution >= 0.6 is 0 Å².